The van der Waals surface area contributed by atoms with Gasteiger partial charge in [-0.1, -0.05) is 18.2 Å². The van der Waals surface area contributed by atoms with Crippen LogP contribution in [0.25, 0.3) is 0 Å². The van der Waals surface area contributed by atoms with E-state index in [0.717, 1.165) is 29.7 Å². The molecule has 1 aliphatic carbocycles. The molecule has 2 aromatic rings. The lowest BCUT2D eigenvalue weighted by molar-refractivity contribution is -0.131. The fourth-order valence-corrected chi connectivity index (χ4v) is 3.74. The first-order valence-corrected chi connectivity index (χ1v) is 9.15. The van der Waals surface area contributed by atoms with Crippen LogP contribution in [0.4, 0.5) is 0 Å². The molecule has 6 heteroatoms. The number of aliphatic hydroxyl groups is 1. The zero-order chi connectivity index (χ0) is 18.9. The molecule has 6 nitrogen and oxygen atoms in total. The SMILES string of the molecule is COc1ccc2c(c1)CCCC2(O)CNC(=O)C1COc2ccccc2O1. The van der Waals surface area contributed by atoms with Gasteiger partial charge in [-0.3, -0.25) is 4.79 Å². The normalized spacial score (nSPS) is 23.3. The summed E-state index contributed by atoms with van der Waals surface area (Å²) in [7, 11) is 1.63. The largest absolute Gasteiger partial charge is 0.497 e. The number of hydrogen-bond acceptors (Lipinski definition) is 5. The summed E-state index contributed by atoms with van der Waals surface area (Å²) < 4.78 is 16.6. The van der Waals surface area contributed by atoms with Gasteiger partial charge in [0.1, 0.15) is 18.0 Å². The number of rotatable bonds is 4. The van der Waals surface area contributed by atoms with Gasteiger partial charge in [0.05, 0.1) is 13.7 Å². The van der Waals surface area contributed by atoms with Crippen molar-refractivity contribution in [1.29, 1.82) is 0 Å². The minimum atomic E-state index is -1.09. The highest BCUT2D eigenvalue weighted by atomic mass is 16.6. The number of fused-ring (bicyclic) bond motifs is 2. The van der Waals surface area contributed by atoms with Crippen LogP contribution in [-0.2, 0) is 16.8 Å². The molecule has 0 saturated heterocycles. The summed E-state index contributed by atoms with van der Waals surface area (Å²) in [6, 6.07) is 12.9. The molecular formula is C21H23NO5. The van der Waals surface area contributed by atoms with Crippen LogP contribution in [-0.4, -0.2) is 37.4 Å². The fraction of sp³-hybridized carbons (Fsp3) is 0.381. The summed E-state index contributed by atoms with van der Waals surface area (Å²) in [5.41, 5.74) is 0.813. The molecule has 0 saturated carbocycles. The Morgan fingerprint density at radius 2 is 2.11 bits per heavy atom. The predicted molar refractivity (Wildman–Crippen MR) is 99.2 cm³/mol. The van der Waals surface area contributed by atoms with Crippen molar-refractivity contribution in [3.05, 3.63) is 53.6 Å². The summed E-state index contributed by atoms with van der Waals surface area (Å²) in [5, 5.41) is 14.0. The number of nitrogens with one attached hydrogen (secondary N) is 1. The Morgan fingerprint density at radius 1 is 1.30 bits per heavy atom. The van der Waals surface area contributed by atoms with Gasteiger partial charge in [-0.15, -0.1) is 0 Å². The lowest BCUT2D eigenvalue weighted by atomic mass is 9.79. The third-order valence-corrected chi connectivity index (χ3v) is 5.21. The van der Waals surface area contributed by atoms with Gasteiger partial charge in [0.25, 0.3) is 5.91 Å². The first-order chi connectivity index (χ1) is 13.1. The maximum Gasteiger partial charge on any atom is 0.264 e. The molecule has 2 aliphatic rings. The van der Waals surface area contributed by atoms with Crippen molar-refractivity contribution >= 4 is 5.91 Å². The molecule has 27 heavy (non-hydrogen) atoms. The van der Waals surface area contributed by atoms with Gasteiger partial charge in [0, 0.05) is 0 Å². The van der Waals surface area contributed by atoms with Gasteiger partial charge in [0.2, 0.25) is 6.10 Å². The van der Waals surface area contributed by atoms with Crippen molar-refractivity contribution in [2.45, 2.75) is 31.0 Å². The van der Waals surface area contributed by atoms with E-state index >= 15 is 0 Å². The Morgan fingerprint density at radius 3 is 2.93 bits per heavy atom. The molecule has 0 aromatic heterocycles. The van der Waals surface area contributed by atoms with E-state index < -0.39 is 11.7 Å². The molecule has 0 radical (unpaired) electrons. The Kier molecular flexibility index (Phi) is 4.66. The first kappa shape index (κ1) is 17.7. The number of amides is 1. The summed E-state index contributed by atoms with van der Waals surface area (Å²) in [5.74, 6) is 1.67. The molecule has 2 N–H and O–H groups in total. The number of para-hydroxylation sites is 2. The predicted octanol–water partition coefficient (Wildman–Crippen LogP) is 2.18. The third-order valence-electron chi connectivity index (χ3n) is 5.21. The lowest BCUT2D eigenvalue weighted by Gasteiger charge is -2.35. The number of hydrogen-bond donors (Lipinski definition) is 2. The van der Waals surface area contributed by atoms with Crippen molar-refractivity contribution in [2.24, 2.45) is 0 Å². The minimum Gasteiger partial charge on any atom is -0.497 e. The van der Waals surface area contributed by atoms with E-state index in [2.05, 4.69) is 5.32 Å². The number of aryl methyl sites for hydroxylation is 1. The highest BCUT2D eigenvalue weighted by molar-refractivity contribution is 5.81. The number of carbonyl (C=O) groups excluding carboxylic acids is 1. The average molecular weight is 369 g/mol. The van der Waals surface area contributed by atoms with E-state index in [0.29, 0.717) is 17.9 Å². The second-order valence-corrected chi connectivity index (χ2v) is 6.99. The molecule has 2 unspecified atom stereocenters. The Labute approximate surface area is 158 Å². The lowest BCUT2D eigenvalue weighted by Crippen LogP contribution is -2.49. The van der Waals surface area contributed by atoms with Crippen molar-refractivity contribution in [3.63, 3.8) is 0 Å². The third kappa shape index (κ3) is 3.45. The van der Waals surface area contributed by atoms with Crippen molar-refractivity contribution in [3.8, 4) is 17.2 Å². The van der Waals surface area contributed by atoms with Crippen LogP contribution in [0.2, 0.25) is 0 Å². The molecule has 2 atom stereocenters. The zero-order valence-corrected chi connectivity index (χ0v) is 15.2. The van der Waals surface area contributed by atoms with Crippen LogP contribution >= 0.6 is 0 Å². The van der Waals surface area contributed by atoms with Crippen LogP contribution < -0.4 is 19.5 Å². The quantitative estimate of drug-likeness (QED) is 0.864. The minimum absolute atomic E-state index is 0.132. The number of benzene rings is 2. The maximum absolute atomic E-state index is 12.6. The van der Waals surface area contributed by atoms with Crippen LogP contribution in [0.3, 0.4) is 0 Å². The van der Waals surface area contributed by atoms with Gasteiger partial charge in [-0.25, -0.2) is 0 Å². The molecule has 4 rings (SSSR count). The summed E-state index contributed by atoms with van der Waals surface area (Å²) >= 11 is 0. The standard InChI is InChI=1S/C21H23NO5/c1-25-15-8-9-16-14(11-15)5-4-10-21(16,24)13-22-20(23)19-12-26-17-6-2-3-7-18(17)27-19/h2-3,6-9,11,19,24H,4-5,10,12-13H2,1H3,(H,22,23). The molecule has 142 valence electrons. The van der Waals surface area contributed by atoms with Crippen molar-refractivity contribution < 1.29 is 24.1 Å². The van der Waals surface area contributed by atoms with E-state index in [1.54, 1.807) is 19.2 Å². The fourth-order valence-electron chi connectivity index (χ4n) is 3.74. The molecule has 0 spiro atoms. The second kappa shape index (κ2) is 7.12. The maximum atomic E-state index is 12.6. The van der Waals surface area contributed by atoms with Gasteiger partial charge in [0.15, 0.2) is 11.5 Å². The molecule has 1 heterocycles. The molecule has 2 aromatic carbocycles. The summed E-state index contributed by atoms with van der Waals surface area (Å²) in [6.07, 6.45) is 1.60. The summed E-state index contributed by atoms with van der Waals surface area (Å²) in [4.78, 5) is 12.6. The van der Waals surface area contributed by atoms with Crippen molar-refractivity contribution in [1.82, 2.24) is 5.32 Å². The number of ether oxygens (including phenoxy) is 3. The van der Waals surface area contributed by atoms with Gasteiger partial charge in [-0.05, 0) is 54.7 Å². The van der Waals surface area contributed by atoms with Gasteiger partial charge in [-0.2, -0.15) is 0 Å². The van der Waals surface area contributed by atoms with Crippen LogP contribution in [0, 0.1) is 0 Å². The second-order valence-electron chi connectivity index (χ2n) is 6.99. The molecule has 0 bridgehead atoms. The van der Waals surface area contributed by atoms with Gasteiger partial charge >= 0.3 is 0 Å². The van der Waals surface area contributed by atoms with E-state index in [9.17, 15) is 9.90 Å². The highest BCUT2D eigenvalue weighted by Crippen LogP contribution is 2.37. The molecule has 1 aliphatic heterocycles. The number of methoxy groups -OCH3 is 1. The van der Waals surface area contributed by atoms with Gasteiger partial charge < -0.3 is 24.6 Å². The Hall–Kier alpha value is -2.73. The van der Waals surface area contributed by atoms with Crippen LogP contribution in [0.5, 0.6) is 17.2 Å². The Bertz CT molecular complexity index is 852. The van der Waals surface area contributed by atoms with E-state index in [1.807, 2.05) is 30.3 Å². The van der Waals surface area contributed by atoms with Crippen LogP contribution in [0.1, 0.15) is 24.0 Å². The summed E-state index contributed by atoms with van der Waals surface area (Å²) in [6.45, 7) is 0.279. The van der Waals surface area contributed by atoms with E-state index in [1.165, 1.54) is 0 Å². The average Bonchev–Trinajstić information content (AvgIpc) is 2.71. The highest BCUT2D eigenvalue weighted by Gasteiger charge is 2.36. The smallest absolute Gasteiger partial charge is 0.264 e. The van der Waals surface area contributed by atoms with Crippen molar-refractivity contribution in [2.75, 3.05) is 20.3 Å². The van der Waals surface area contributed by atoms with Crippen LogP contribution in [0.15, 0.2) is 42.5 Å². The zero-order valence-electron chi connectivity index (χ0n) is 15.2. The Balaban J connectivity index is 1.44. The van der Waals surface area contributed by atoms with E-state index in [4.69, 9.17) is 14.2 Å². The molecule has 1 amide bonds. The number of carbonyl (C=O) groups is 1. The topological polar surface area (TPSA) is 77.0 Å². The molecule has 0 fully saturated rings. The van der Waals surface area contributed by atoms with E-state index in [-0.39, 0.29) is 19.1 Å². The monoisotopic (exact) mass is 369 g/mol. The first-order valence-electron chi connectivity index (χ1n) is 9.15. The molecular weight excluding hydrogens is 346 g/mol.